The van der Waals surface area contributed by atoms with Gasteiger partial charge < -0.3 is 19.4 Å². The monoisotopic (exact) mass is 596 g/mol. The van der Waals surface area contributed by atoms with Gasteiger partial charge in [0.05, 0.1) is 24.9 Å². The summed E-state index contributed by atoms with van der Waals surface area (Å²) >= 11 is 0. The van der Waals surface area contributed by atoms with Crippen molar-refractivity contribution in [3.8, 4) is 17.2 Å². The molecule has 5 rings (SSSR count). The van der Waals surface area contributed by atoms with Crippen LogP contribution in [-0.4, -0.2) is 31.1 Å². The van der Waals surface area contributed by atoms with Crippen LogP contribution in [0.2, 0.25) is 0 Å². The molecule has 0 fully saturated rings. The molecule has 0 aromatic heterocycles. The normalized spacial score (nSPS) is 11.4. The molecule has 45 heavy (non-hydrogen) atoms. The molecule has 0 aliphatic carbocycles. The third-order valence-electron chi connectivity index (χ3n) is 6.10. The Bertz CT molecular complexity index is 1790. The Labute approximate surface area is 260 Å². The van der Waals surface area contributed by atoms with Crippen LogP contribution in [0.1, 0.15) is 38.2 Å². The van der Waals surface area contributed by atoms with Gasteiger partial charge in [-0.15, -0.1) is 0 Å². The highest BCUT2D eigenvalue weighted by atomic mass is 16.6. The van der Waals surface area contributed by atoms with Crippen molar-refractivity contribution in [3.05, 3.63) is 161 Å². The van der Waals surface area contributed by atoms with Crippen molar-refractivity contribution in [2.75, 3.05) is 0 Å². The Morgan fingerprint density at radius 2 is 0.933 bits per heavy atom. The second-order valence-corrected chi connectivity index (χ2v) is 9.47. The summed E-state index contributed by atoms with van der Waals surface area (Å²) in [4.78, 5) is 32.6. The second-order valence-electron chi connectivity index (χ2n) is 9.47. The van der Waals surface area contributed by atoms with Gasteiger partial charge in [-0.25, -0.2) is 0 Å². The lowest BCUT2D eigenvalue weighted by molar-refractivity contribution is 0.112. The van der Waals surface area contributed by atoms with Crippen LogP contribution in [0.3, 0.4) is 0 Å². The minimum atomic E-state index is 0.399. The van der Waals surface area contributed by atoms with Crippen LogP contribution >= 0.6 is 0 Å². The minimum Gasteiger partial charge on any atom is -0.391 e. The number of rotatable bonds is 14. The molecule has 0 heterocycles. The molecule has 9 heteroatoms. The minimum absolute atomic E-state index is 0.399. The van der Waals surface area contributed by atoms with Crippen molar-refractivity contribution in [3.63, 3.8) is 0 Å². The van der Waals surface area contributed by atoms with Crippen LogP contribution in [0, 0.1) is 0 Å². The van der Waals surface area contributed by atoms with Crippen molar-refractivity contribution in [2.24, 2.45) is 20.6 Å². The first-order chi connectivity index (χ1) is 22.2. The number of hydrogen-bond acceptors (Lipinski definition) is 9. The van der Waals surface area contributed by atoms with Crippen LogP contribution in [-0.2, 0) is 11.4 Å². The molecule has 5 aromatic carbocycles. The lowest BCUT2D eigenvalue weighted by Crippen LogP contribution is -1.91. The number of oxime groups is 4. The molecule has 0 atom stereocenters. The molecule has 0 unspecified atom stereocenters. The van der Waals surface area contributed by atoms with E-state index in [4.69, 9.17) is 19.4 Å². The van der Waals surface area contributed by atoms with E-state index in [9.17, 15) is 4.79 Å². The van der Waals surface area contributed by atoms with Crippen LogP contribution in [0.5, 0.6) is 17.2 Å². The summed E-state index contributed by atoms with van der Waals surface area (Å²) in [7, 11) is 0. The van der Waals surface area contributed by atoms with Crippen molar-refractivity contribution < 1.29 is 24.1 Å². The summed E-state index contributed by atoms with van der Waals surface area (Å²) in [6.45, 7) is 0.399. The van der Waals surface area contributed by atoms with E-state index in [0.717, 1.165) is 34.1 Å². The van der Waals surface area contributed by atoms with Crippen molar-refractivity contribution in [1.82, 2.24) is 0 Å². The van der Waals surface area contributed by atoms with Crippen LogP contribution in [0.15, 0.2) is 148 Å². The molecule has 0 amide bonds. The van der Waals surface area contributed by atoms with Gasteiger partial charge in [-0.1, -0.05) is 99.5 Å². The molecule has 0 saturated heterocycles. The Kier molecular flexibility index (Phi) is 10.9. The largest absolute Gasteiger partial charge is 0.391 e. The maximum absolute atomic E-state index is 10.8. The average Bonchev–Trinajstić information content (AvgIpc) is 3.09. The quantitative estimate of drug-likeness (QED) is 0.0761. The highest BCUT2D eigenvalue weighted by molar-refractivity contribution is 5.83. The molecule has 5 aromatic rings. The number of benzene rings is 5. The van der Waals surface area contributed by atoms with Crippen molar-refractivity contribution in [1.29, 1.82) is 0 Å². The van der Waals surface area contributed by atoms with Gasteiger partial charge in [-0.2, -0.15) is 0 Å². The molecule has 0 aliphatic heterocycles. The Hall–Kier alpha value is -6.35. The zero-order valence-electron chi connectivity index (χ0n) is 24.0. The van der Waals surface area contributed by atoms with E-state index >= 15 is 0 Å². The van der Waals surface area contributed by atoms with E-state index in [0.29, 0.717) is 29.4 Å². The summed E-state index contributed by atoms with van der Waals surface area (Å²) < 4.78 is 0. The van der Waals surface area contributed by atoms with Gasteiger partial charge in [0.15, 0.2) is 17.2 Å². The van der Waals surface area contributed by atoms with Gasteiger partial charge in [0.25, 0.3) is 0 Å². The van der Waals surface area contributed by atoms with Crippen molar-refractivity contribution in [2.45, 2.75) is 6.61 Å². The topological polar surface area (TPSA) is 103 Å². The van der Waals surface area contributed by atoms with Gasteiger partial charge >= 0.3 is 0 Å². The Morgan fingerprint density at radius 1 is 0.444 bits per heavy atom. The molecule has 0 spiro atoms. The standard InChI is InChI=1S/C36H28N4O5/c41-26-30-14-12-28(13-15-30)22-38-45-36-11-5-9-33(21-36)25-40-43-34-18-16-29(17-19-34)23-39-44-35-10-4-8-32(20-35)24-37-42-27-31-6-2-1-3-7-31/h1-26H,27H2/b37-24+,38-22+,39-23+,40-25+. The summed E-state index contributed by atoms with van der Waals surface area (Å²) in [5.41, 5.74) is 4.88. The molecule has 0 N–H and O–H groups in total. The lowest BCUT2D eigenvalue weighted by atomic mass is 10.2. The predicted molar refractivity (Wildman–Crippen MR) is 175 cm³/mol. The number of carbonyl (C=O) groups is 1. The van der Waals surface area contributed by atoms with E-state index in [2.05, 4.69) is 20.6 Å². The number of nitrogens with zero attached hydrogens (tertiary/aromatic N) is 4. The molecule has 0 bridgehead atoms. The Morgan fingerprint density at radius 3 is 1.51 bits per heavy atom. The van der Waals surface area contributed by atoms with Gasteiger partial charge in [-0.3, -0.25) is 4.79 Å². The van der Waals surface area contributed by atoms with E-state index in [-0.39, 0.29) is 0 Å². The molecular formula is C36H28N4O5. The molecule has 0 radical (unpaired) electrons. The number of carbonyl (C=O) groups excluding carboxylic acids is 1. The lowest BCUT2D eigenvalue weighted by Gasteiger charge is -2.02. The van der Waals surface area contributed by atoms with Crippen LogP contribution in [0.4, 0.5) is 0 Å². The first kappa shape index (κ1) is 30.1. The predicted octanol–water partition coefficient (Wildman–Crippen LogP) is 7.29. The van der Waals surface area contributed by atoms with Gasteiger partial charge in [-0.05, 0) is 76.3 Å². The zero-order valence-corrected chi connectivity index (χ0v) is 24.0. The average molecular weight is 597 g/mol. The van der Waals surface area contributed by atoms with E-state index in [1.165, 1.54) is 0 Å². The third kappa shape index (κ3) is 10.2. The molecule has 0 saturated carbocycles. The summed E-state index contributed by atoms with van der Waals surface area (Å²) in [5, 5.41) is 16.1. The number of aldehydes is 1. The summed E-state index contributed by atoms with van der Waals surface area (Å²) in [5.74, 6) is 1.67. The molecule has 0 aliphatic rings. The fraction of sp³-hybridized carbons (Fsp3) is 0.0278. The Balaban J connectivity index is 1.06. The van der Waals surface area contributed by atoms with E-state index in [1.807, 2.05) is 72.8 Å². The van der Waals surface area contributed by atoms with Crippen LogP contribution < -0.4 is 14.5 Å². The maximum Gasteiger partial charge on any atom is 0.158 e. The SMILES string of the molecule is O=Cc1ccc(/C=N/Oc2cccc(/C=N/Oc3ccc(/C=N/Oc4cccc(/C=N/OCc5ccccc5)c4)cc3)c2)cc1. The summed E-state index contributed by atoms with van der Waals surface area (Å²) in [6, 6.07) is 38.7. The second kappa shape index (κ2) is 16.3. The third-order valence-corrected chi connectivity index (χ3v) is 6.10. The van der Waals surface area contributed by atoms with Crippen molar-refractivity contribution >= 4 is 31.1 Å². The fourth-order valence-electron chi connectivity index (χ4n) is 3.81. The fourth-order valence-corrected chi connectivity index (χ4v) is 3.81. The zero-order chi connectivity index (χ0) is 30.9. The smallest absolute Gasteiger partial charge is 0.158 e. The highest BCUT2D eigenvalue weighted by Crippen LogP contribution is 2.16. The maximum atomic E-state index is 10.8. The van der Waals surface area contributed by atoms with Gasteiger partial charge in [0.1, 0.15) is 12.9 Å². The van der Waals surface area contributed by atoms with Gasteiger partial charge in [0, 0.05) is 5.56 Å². The van der Waals surface area contributed by atoms with E-state index in [1.54, 1.807) is 79.5 Å². The molecular weight excluding hydrogens is 568 g/mol. The molecule has 222 valence electrons. The molecule has 9 nitrogen and oxygen atoms in total. The van der Waals surface area contributed by atoms with E-state index < -0.39 is 0 Å². The first-order valence-corrected chi connectivity index (χ1v) is 13.9. The number of hydrogen-bond donors (Lipinski definition) is 0. The highest BCUT2D eigenvalue weighted by Gasteiger charge is 1.99. The summed E-state index contributed by atoms with van der Waals surface area (Å²) in [6.07, 6.45) is 7.16. The van der Waals surface area contributed by atoms with Crippen LogP contribution in [0.25, 0.3) is 0 Å². The van der Waals surface area contributed by atoms with Gasteiger partial charge in [0.2, 0.25) is 0 Å². The first-order valence-electron chi connectivity index (χ1n) is 13.9.